The van der Waals surface area contributed by atoms with Crippen LogP contribution in [0.4, 0.5) is 0 Å². The Labute approximate surface area is 118 Å². The number of nitrogens with zero attached hydrogens (tertiary/aromatic N) is 4. The molecule has 0 saturated heterocycles. The van der Waals surface area contributed by atoms with E-state index in [2.05, 4.69) is 20.4 Å². The van der Waals surface area contributed by atoms with Gasteiger partial charge in [0.2, 0.25) is 5.91 Å². The van der Waals surface area contributed by atoms with Crippen molar-refractivity contribution in [3.8, 4) is 0 Å². The number of amides is 1. The summed E-state index contributed by atoms with van der Waals surface area (Å²) in [6, 6.07) is 3.98. The monoisotopic (exact) mass is 273 g/mol. The summed E-state index contributed by atoms with van der Waals surface area (Å²) in [5.74, 6) is 0.0938. The van der Waals surface area contributed by atoms with Crippen LogP contribution >= 0.6 is 0 Å². The van der Waals surface area contributed by atoms with Gasteiger partial charge in [-0.2, -0.15) is 5.10 Å². The maximum absolute atomic E-state index is 11.6. The maximum Gasteiger partial charge on any atom is 0.220 e. The third-order valence-corrected chi connectivity index (χ3v) is 2.94. The highest BCUT2D eigenvalue weighted by atomic mass is 16.1. The van der Waals surface area contributed by atoms with Gasteiger partial charge < -0.3 is 5.32 Å². The van der Waals surface area contributed by atoms with Gasteiger partial charge in [0.05, 0.1) is 0 Å². The minimum Gasteiger partial charge on any atom is -0.356 e. The van der Waals surface area contributed by atoms with Crippen LogP contribution in [0.5, 0.6) is 0 Å². The molecule has 0 fully saturated rings. The van der Waals surface area contributed by atoms with Gasteiger partial charge >= 0.3 is 0 Å². The second-order valence-electron chi connectivity index (χ2n) is 4.58. The van der Waals surface area contributed by atoms with Gasteiger partial charge in [0.1, 0.15) is 12.7 Å². The molecule has 1 N–H and O–H groups in total. The summed E-state index contributed by atoms with van der Waals surface area (Å²) in [7, 11) is 0. The van der Waals surface area contributed by atoms with Gasteiger partial charge in [-0.05, 0) is 30.9 Å². The van der Waals surface area contributed by atoms with Crippen LogP contribution in [0.25, 0.3) is 0 Å². The van der Waals surface area contributed by atoms with Crippen LogP contribution in [0.15, 0.2) is 37.2 Å². The van der Waals surface area contributed by atoms with Gasteiger partial charge in [0.15, 0.2) is 0 Å². The van der Waals surface area contributed by atoms with Crippen molar-refractivity contribution < 1.29 is 4.79 Å². The summed E-state index contributed by atoms with van der Waals surface area (Å²) >= 11 is 0. The van der Waals surface area contributed by atoms with Crippen LogP contribution in [-0.4, -0.2) is 32.2 Å². The number of carbonyl (C=O) groups excluding carboxylic acids is 1. The van der Waals surface area contributed by atoms with E-state index in [1.165, 1.54) is 11.9 Å². The first-order chi connectivity index (χ1) is 9.84. The molecule has 1 amide bonds. The zero-order valence-electron chi connectivity index (χ0n) is 11.4. The lowest BCUT2D eigenvalue weighted by molar-refractivity contribution is -0.121. The molecule has 2 aromatic heterocycles. The summed E-state index contributed by atoms with van der Waals surface area (Å²) < 4.78 is 1.73. The molecule has 2 rings (SSSR count). The molecule has 0 aliphatic rings. The Morgan fingerprint density at radius 2 is 2.25 bits per heavy atom. The van der Waals surface area contributed by atoms with E-state index in [1.54, 1.807) is 17.2 Å². The first kappa shape index (κ1) is 14.2. The fourth-order valence-corrected chi connectivity index (χ4v) is 1.90. The highest BCUT2D eigenvalue weighted by Gasteiger charge is 2.01. The summed E-state index contributed by atoms with van der Waals surface area (Å²) in [4.78, 5) is 19.5. The Bertz CT molecular complexity index is 498. The molecule has 0 spiro atoms. The molecule has 6 heteroatoms. The van der Waals surface area contributed by atoms with Gasteiger partial charge in [-0.3, -0.25) is 14.5 Å². The van der Waals surface area contributed by atoms with E-state index >= 15 is 0 Å². The number of nitrogens with one attached hydrogen (secondary N) is 1. The molecule has 0 radical (unpaired) electrons. The molecule has 2 heterocycles. The lowest BCUT2D eigenvalue weighted by Gasteiger charge is -2.05. The largest absolute Gasteiger partial charge is 0.356 e. The maximum atomic E-state index is 11.6. The fourth-order valence-electron chi connectivity index (χ4n) is 1.90. The third-order valence-electron chi connectivity index (χ3n) is 2.94. The number of aromatic nitrogens is 4. The van der Waals surface area contributed by atoms with Crippen molar-refractivity contribution in [2.75, 3.05) is 6.54 Å². The third kappa shape index (κ3) is 5.17. The number of carbonyl (C=O) groups is 1. The van der Waals surface area contributed by atoms with E-state index in [9.17, 15) is 4.79 Å². The van der Waals surface area contributed by atoms with Gasteiger partial charge in [-0.25, -0.2) is 4.98 Å². The fraction of sp³-hybridized carbons (Fsp3) is 0.429. The Hall–Kier alpha value is -2.24. The number of aryl methyl sites for hydroxylation is 2. The molecule has 2 aromatic rings. The molecule has 106 valence electrons. The minimum absolute atomic E-state index is 0.0938. The van der Waals surface area contributed by atoms with E-state index in [-0.39, 0.29) is 5.91 Å². The van der Waals surface area contributed by atoms with E-state index < -0.39 is 0 Å². The first-order valence-corrected chi connectivity index (χ1v) is 6.82. The van der Waals surface area contributed by atoms with E-state index in [0.717, 1.165) is 25.8 Å². The minimum atomic E-state index is 0.0938. The van der Waals surface area contributed by atoms with Gasteiger partial charge in [-0.15, -0.1) is 0 Å². The smallest absolute Gasteiger partial charge is 0.220 e. The van der Waals surface area contributed by atoms with Crippen molar-refractivity contribution in [3.05, 3.63) is 42.7 Å². The SMILES string of the molecule is O=C(CCCn1cncn1)NCCCc1cccnc1. The topological polar surface area (TPSA) is 72.7 Å². The van der Waals surface area contributed by atoms with Gasteiger partial charge in [-0.1, -0.05) is 6.07 Å². The first-order valence-electron chi connectivity index (χ1n) is 6.82. The number of pyridine rings is 1. The zero-order valence-corrected chi connectivity index (χ0v) is 11.4. The standard InChI is InChI=1S/C14H19N5O/c20-14(6-3-9-19-12-16-11-18-19)17-8-2-5-13-4-1-7-15-10-13/h1,4,7,10-12H,2-3,5-6,8-9H2,(H,17,20). The lowest BCUT2D eigenvalue weighted by atomic mass is 10.1. The van der Waals surface area contributed by atoms with Gasteiger partial charge in [0, 0.05) is 31.9 Å². The Morgan fingerprint density at radius 3 is 3.00 bits per heavy atom. The van der Waals surface area contributed by atoms with Crippen molar-refractivity contribution in [2.45, 2.75) is 32.2 Å². The average Bonchev–Trinajstić information content (AvgIpc) is 2.98. The van der Waals surface area contributed by atoms with Crippen molar-refractivity contribution in [3.63, 3.8) is 0 Å². The molecule has 0 aliphatic heterocycles. The predicted molar refractivity (Wildman–Crippen MR) is 74.8 cm³/mol. The van der Waals surface area contributed by atoms with Crippen LogP contribution in [0, 0.1) is 0 Å². The quantitative estimate of drug-likeness (QED) is 0.734. The van der Waals surface area contributed by atoms with E-state index in [0.29, 0.717) is 13.0 Å². The molecule has 0 saturated carbocycles. The molecule has 20 heavy (non-hydrogen) atoms. The van der Waals surface area contributed by atoms with Crippen LogP contribution in [-0.2, 0) is 17.8 Å². The number of hydrogen-bond donors (Lipinski definition) is 1. The zero-order chi connectivity index (χ0) is 14.0. The highest BCUT2D eigenvalue weighted by molar-refractivity contribution is 5.75. The van der Waals surface area contributed by atoms with Crippen molar-refractivity contribution in [1.82, 2.24) is 25.1 Å². The van der Waals surface area contributed by atoms with Crippen LogP contribution in [0.3, 0.4) is 0 Å². The van der Waals surface area contributed by atoms with E-state index in [4.69, 9.17) is 0 Å². The molecular formula is C14H19N5O. The normalized spacial score (nSPS) is 10.4. The van der Waals surface area contributed by atoms with Crippen molar-refractivity contribution >= 4 is 5.91 Å². The second kappa shape index (κ2) is 8.04. The predicted octanol–water partition coefficient (Wildman–Crippen LogP) is 1.20. The van der Waals surface area contributed by atoms with Crippen LogP contribution in [0.1, 0.15) is 24.8 Å². The molecule has 0 atom stereocenters. The molecule has 6 nitrogen and oxygen atoms in total. The number of hydrogen-bond acceptors (Lipinski definition) is 4. The summed E-state index contributed by atoms with van der Waals surface area (Å²) in [5.41, 5.74) is 1.20. The van der Waals surface area contributed by atoms with Gasteiger partial charge in [0.25, 0.3) is 0 Å². The van der Waals surface area contributed by atoms with Crippen molar-refractivity contribution in [2.24, 2.45) is 0 Å². The summed E-state index contributed by atoms with van der Waals surface area (Å²) in [5, 5.41) is 6.92. The number of rotatable bonds is 8. The molecule has 0 aliphatic carbocycles. The summed E-state index contributed by atoms with van der Waals surface area (Å²) in [6.45, 7) is 1.43. The Morgan fingerprint density at radius 1 is 1.30 bits per heavy atom. The van der Waals surface area contributed by atoms with Crippen LogP contribution < -0.4 is 5.32 Å². The lowest BCUT2D eigenvalue weighted by Crippen LogP contribution is -2.24. The van der Waals surface area contributed by atoms with Crippen molar-refractivity contribution in [1.29, 1.82) is 0 Å². The van der Waals surface area contributed by atoms with Crippen LogP contribution in [0.2, 0.25) is 0 Å². The molecule has 0 bridgehead atoms. The average molecular weight is 273 g/mol. The molecular weight excluding hydrogens is 254 g/mol. The molecule has 0 aromatic carbocycles. The highest BCUT2D eigenvalue weighted by Crippen LogP contribution is 1.99. The summed E-state index contributed by atoms with van der Waals surface area (Å²) in [6.07, 6.45) is 9.95. The van der Waals surface area contributed by atoms with E-state index in [1.807, 2.05) is 18.3 Å². The second-order valence-corrected chi connectivity index (χ2v) is 4.58. The molecule has 0 unspecified atom stereocenters. The Kier molecular flexibility index (Phi) is 5.70. The Balaban J connectivity index is 1.52.